The van der Waals surface area contributed by atoms with Gasteiger partial charge in [-0.1, -0.05) is 35.5 Å². The molecule has 1 amide bonds. The van der Waals surface area contributed by atoms with Gasteiger partial charge in [-0.2, -0.15) is 0 Å². The minimum Gasteiger partial charge on any atom is -0.508 e. The first-order chi connectivity index (χ1) is 17.9. The fraction of sp³-hybridized carbons (Fsp3) is 0.250. The van der Waals surface area contributed by atoms with E-state index < -0.39 is 0 Å². The number of imidazole rings is 1. The first-order valence-corrected chi connectivity index (χ1v) is 12.3. The number of carbonyl (C=O) groups excluding carboxylic acids is 1. The van der Waals surface area contributed by atoms with Gasteiger partial charge in [0.15, 0.2) is 5.84 Å². The number of hydrogen-bond donors (Lipinski definition) is 3. The number of piperazine rings is 1. The number of phenols is 1. The van der Waals surface area contributed by atoms with Crippen LogP contribution in [-0.4, -0.2) is 62.7 Å². The summed E-state index contributed by atoms with van der Waals surface area (Å²) in [7, 11) is 1.99. The van der Waals surface area contributed by atoms with Crippen molar-refractivity contribution in [3.05, 3.63) is 89.2 Å². The molecule has 1 aromatic heterocycles. The van der Waals surface area contributed by atoms with E-state index in [1.807, 2.05) is 66.5 Å². The zero-order valence-corrected chi connectivity index (χ0v) is 20.7. The number of fused-ring (bicyclic) bond motifs is 1. The molecule has 0 radical (unpaired) electrons. The molecule has 2 heterocycles. The van der Waals surface area contributed by atoms with E-state index in [2.05, 4.69) is 14.6 Å². The number of aromatic hydroxyl groups is 1. The molecule has 1 saturated heterocycles. The van der Waals surface area contributed by atoms with E-state index in [1.165, 1.54) is 0 Å². The number of aryl methyl sites for hydroxylation is 3. The molecule has 4 aromatic rings. The van der Waals surface area contributed by atoms with Gasteiger partial charge in [-0.3, -0.25) is 4.79 Å². The Balaban J connectivity index is 1.24. The van der Waals surface area contributed by atoms with E-state index >= 15 is 0 Å². The third kappa shape index (κ3) is 5.06. The van der Waals surface area contributed by atoms with Crippen LogP contribution in [-0.2, 0) is 19.9 Å². The van der Waals surface area contributed by atoms with E-state index in [0.717, 1.165) is 41.0 Å². The van der Waals surface area contributed by atoms with Crippen LogP contribution >= 0.6 is 0 Å². The van der Waals surface area contributed by atoms with Gasteiger partial charge in [-0.05, 0) is 42.3 Å². The van der Waals surface area contributed by atoms with Crippen molar-refractivity contribution in [3.63, 3.8) is 0 Å². The standard InChI is InChI=1S/C28H30N6O3/c1-32-25-11-10-21(28(36)34-15-13-33(14-16-34)22-3-2-4-23(35)18-22)17-24(25)30-26(32)12-7-19-5-8-20(9-6-19)27(29)31-37/h2-6,8-11,17-18,35,37H,7,12-16H2,1H3,(H2,29,31). The number of hydrogen-bond acceptors (Lipinski definition) is 6. The Morgan fingerprint density at radius 1 is 0.973 bits per heavy atom. The first-order valence-electron chi connectivity index (χ1n) is 12.3. The number of benzene rings is 3. The van der Waals surface area contributed by atoms with Gasteiger partial charge in [0, 0.05) is 62.5 Å². The molecule has 3 aromatic carbocycles. The van der Waals surface area contributed by atoms with Crippen LogP contribution in [0.1, 0.15) is 27.3 Å². The number of anilines is 1. The van der Waals surface area contributed by atoms with Crippen LogP contribution in [0.2, 0.25) is 0 Å². The lowest BCUT2D eigenvalue weighted by molar-refractivity contribution is 0.0747. The third-order valence-electron chi connectivity index (χ3n) is 6.98. The Labute approximate surface area is 215 Å². The molecule has 9 heteroatoms. The highest BCUT2D eigenvalue weighted by molar-refractivity contribution is 5.98. The molecule has 37 heavy (non-hydrogen) atoms. The van der Waals surface area contributed by atoms with Crippen molar-refractivity contribution in [1.29, 1.82) is 0 Å². The molecule has 0 atom stereocenters. The van der Waals surface area contributed by atoms with Crippen LogP contribution in [0.25, 0.3) is 11.0 Å². The molecule has 0 aliphatic carbocycles. The summed E-state index contributed by atoms with van der Waals surface area (Å²) in [4.78, 5) is 22.1. The lowest BCUT2D eigenvalue weighted by atomic mass is 10.1. The van der Waals surface area contributed by atoms with Crippen LogP contribution in [0.4, 0.5) is 5.69 Å². The van der Waals surface area contributed by atoms with Gasteiger partial charge < -0.3 is 30.4 Å². The molecule has 1 fully saturated rings. The Morgan fingerprint density at radius 3 is 2.41 bits per heavy atom. The van der Waals surface area contributed by atoms with Crippen LogP contribution in [0.5, 0.6) is 5.75 Å². The lowest BCUT2D eigenvalue weighted by Crippen LogP contribution is -2.48. The van der Waals surface area contributed by atoms with Crippen LogP contribution < -0.4 is 10.6 Å². The van der Waals surface area contributed by atoms with Crippen molar-refractivity contribution in [3.8, 4) is 5.75 Å². The SMILES string of the molecule is Cn1c(CCc2ccc(C(N)=NO)cc2)nc2cc(C(=O)N3CCN(c4cccc(O)c4)CC3)ccc21. The Kier molecular flexibility index (Phi) is 6.68. The molecule has 9 nitrogen and oxygen atoms in total. The monoisotopic (exact) mass is 498 g/mol. The molecule has 0 bridgehead atoms. The summed E-state index contributed by atoms with van der Waals surface area (Å²) in [6.45, 7) is 2.67. The highest BCUT2D eigenvalue weighted by Crippen LogP contribution is 2.23. The van der Waals surface area contributed by atoms with Gasteiger partial charge in [0.25, 0.3) is 5.91 Å². The number of rotatable bonds is 6. The molecule has 0 saturated carbocycles. The number of oxime groups is 1. The summed E-state index contributed by atoms with van der Waals surface area (Å²) in [6, 6.07) is 20.5. The van der Waals surface area contributed by atoms with Crippen molar-refractivity contribution in [2.24, 2.45) is 17.9 Å². The molecule has 190 valence electrons. The second-order valence-corrected chi connectivity index (χ2v) is 9.27. The molecule has 4 N–H and O–H groups in total. The maximum atomic E-state index is 13.2. The normalized spacial score (nSPS) is 14.4. The predicted octanol–water partition coefficient (Wildman–Crippen LogP) is 3.12. The minimum atomic E-state index is 0.00967. The van der Waals surface area contributed by atoms with E-state index in [1.54, 1.807) is 12.1 Å². The van der Waals surface area contributed by atoms with E-state index in [-0.39, 0.29) is 17.5 Å². The summed E-state index contributed by atoms with van der Waals surface area (Å²) < 4.78 is 2.07. The largest absolute Gasteiger partial charge is 0.508 e. The number of carbonyl (C=O) groups is 1. The van der Waals surface area contributed by atoms with Crippen molar-refractivity contribution in [1.82, 2.24) is 14.5 Å². The van der Waals surface area contributed by atoms with E-state index in [4.69, 9.17) is 15.9 Å². The molecule has 1 aliphatic rings. The molecular formula is C28H30N6O3. The van der Waals surface area contributed by atoms with Crippen LogP contribution in [0.3, 0.4) is 0 Å². The number of amidine groups is 1. The highest BCUT2D eigenvalue weighted by atomic mass is 16.4. The summed E-state index contributed by atoms with van der Waals surface area (Å²) in [5.41, 5.74) is 10.8. The average molecular weight is 499 g/mol. The number of nitrogens with zero attached hydrogens (tertiary/aromatic N) is 5. The first kappa shape index (κ1) is 24.2. The Hall–Kier alpha value is -4.53. The minimum absolute atomic E-state index is 0.00967. The zero-order valence-electron chi connectivity index (χ0n) is 20.7. The average Bonchev–Trinajstić information content (AvgIpc) is 3.26. The van der Waals surface area contributed by atoms with Gasteiger partial charge in [0.2, 0.25) is 0 Å². The maximum absolute atomic E-state index is 13.2. The molecular weight excluding hydrogens is 468 g/mol. The maximum Gasteiger partial charge on any atom is 0.254 e. The van der Waals surface area contributed by atoms with Crippen LogP contribution in [0.15, 0.2) is 71.9 Å². The fourth-order valence-electron chi connectivity index (χ4n) is 4.80. The van der Waals surface area contributed by atoms with Gasteiger partial charge in [-0.25, -0.2) is 4.98 Å². The van der Waals surface area contributed by atoms with Gasteiger partial charge in [-0.15, -0.1) is 0 Å². The zero-order chi connectivity index (χ0) is 25.9. The van der Waals surface area contributed by atoms with Crippen LogP contribution in [0, 0.1) is 0 Å². The number of aromatic nitrogens is 2. The summed E-state index contributed by atoms with van der Waals surface area (Å²) in [5.74, 6) is 1.29. The van der Waals surface area contributed by atoms with Gasteiger partial charge >= 0.3 is 0 Å². The Morgan fingerprint density at radius 2 is 1.70 bits per heavy atom. The third-order valence-corrected chi connectivity index (χ3v) is 6.98. The predicted molar refractivity (Wildman–Crippen MR) is 143 cm³/mol. The molecule has 0 unspecified atom stereocenters. The Bertz CT molecular complexity index is 1450. The number of amides is 1. The quantitative estimate of drug-likeness (QED) is 0.163. The van der Waals surface area contributed by atoms with Crippen molar-refractivity contribution >= 4 is 28.5 Å². The van der Waals surface area contributed by atoms with E-state index in [0.29, 0.717) is 37.3 Å². The second kappa shape index (κ2) is 10.2. The van der Waals surface area contributed by atoms with E-state index in [9.17, 15) is 9.90 Å². The number of nitrogens with two attached hydrogens (primary N) is 1. The molecule has 5 rings (SSSR count). The fourth-order valence-corrected chi connectivity index (χ4v) is 4.80. The molecule has 1 aliphatic heterocycles. The van der Waals surface area contributed by atoms with Crippen molar-refractivity contribution in [2.45, 2.75) is 12.8 Å². The van der Waals surface area contributed by atoms with Crippen molar-refractivity contribution in [2.75, 3.05) is 31.1 Å². The molecule has 0 spiro atoms. The number of phenolic OH excluding ortho intramolecular Hbond substituents is 1. The summed E-state index contributed by atoms with van der Waals surface area (Å²) in [5, 5.41) is 21.6. The topological polar surface area (TPSA) is 120 Å². The summed E-state index contributed by atoms with van der Waals surface area (Å²) >= 11 is 0. The van der Waals surface area contributed by atoms with Gasteiger partial charge in [0.05, 0.1) is 11.0 Å². The summed E-state index contributed by atoms with van der Waals surface area (Å²) in [6.07, 6.45) is 1.54. The lowest BCUT2D eigenvalue weighted by Gasteiger charge is -2.36. The second-order valence-electron chi connectivity index (χ2n) is 9.27. The smallest absolute Gasteiger partial charge is 0.254 e. The van der Waals surface area contributed by atoms with Crippen molar-refractivity contribution < 1.29 is 15.1 Å². The van der Waals surface area contributed by atoms with Gasteiger partial charge in [0.1, 0.15) is 11.6 Å². The highest BCUT2D eigenvalue weighted by Gasteiger charge is 2.23.